The zero-order valence-corrected chi connectivity index (χ0v) is 11.6. The Morgan fingerprint density at radius 3 is 3.06 bits per heavy atom. The number of likely N-dealkylation sites (tertiary alicyclic amines) is 1. The molecule has 1 atom stereocenters. The summed E-state index contributed by atoms with van der Waals surface area (Å²) in [5, 5.41) is 1.81. The highest BCUT2D eigenvalue weighted by atomic mass is 32.2. The number of nitrogens with zero attached hydrogens (tertiary/aromatic N) is 1. The molecule has 96 valence electrons. The van der Waals surface area contributed by atoms with Gasteiger partial charge in [-0.3, -0.25) is 4.90 Å². The molecule has 0 amide bonds. The van der Waals surface area contributed by atoms with E-state index in [4.69, 9.17) is 0 Å². The fraction of sp³-hybridized carbons (Fsp3) is 0.636. The summed E-state index contributed by atoms with van der Waals surface area (Å²) in [6.07, 6.45) is 0.737. The molecular weight excluding hydrogens is 256 g/mol. The Morgan fingerprint density at radius 2 is 2.41 bits per heavy atom. The molecule has 1 aliphatic rings. The summed E-state index contributed by atoms with van der Waals surface area (Å²) < 4.78 is 26.3. The van der Waals surface area contributed by atoms with Crippen molar-refractivity contribution in [1.82, 2.24) is 9.62 Å². The van der Waals surface area contributed by atoms with Gasteiger partial charge >= 0.3 is 0 Å². The molecule has 17 heavy (non-hydrogen) atoms. The van der Waals surface area contributed by atoms with Gasteiger partial charge in [0.25, 0.3) is 0 Å². The van der Waals surface area contributed by atoms with Crippen molar-refractivity contribution in [3.05, 3.63) is 22.4 Å². The van der Waals surface area contributed by atoms with Crippen molar-refractivity contribution in [2.45, 2.75) is 25.1 Å². The quantitative estimate of drug-likeness (QED) is 0.879. The van der Waals surface area contributed by atoms with Gasteiger partial charge in [-0.15, -0.1) is 11.3 Å². The first kappa shape index (κ1) is 13.0. The number of nitrogens with one attached hydrogen (secondary N) is 1. The average molecular weight is 274 g/mol. The summed E-state index contributed by atoms with van der Waals surface area (Å²) in [6.45, 7) is 4.68. The highest BCUT2D eigenvalue weighted by molar-refractivity contribution is 7.90. The molecular formula is C11H18N2O2S2. The fourth-order valence-corrected chi connectivity index (χ4v) is 4.34. The van der Waals surface area contributed by atoms with Gasteiger partial charge in [0.05, 0.1) is 5.25 Å². The minimum Gasteiger partial charge on any atom is -0.297 e. The molecule has 6 heteroatoms. The number of thiophene rings is 1. The summed E-state index contributed by atoms with van der Waals surface area (Å²) in [7, 11) is -3.11. The van der Waals surface area contributed by atoms with Gasteiger partial charge in [0, 0.05) is 24.5 Å². The van der Waals surface area contributed by atoms with E-state index in [1.165, 1.54) is 4.88 Å². The van der Waals surface area contributed by atoms with Crippen molar-refractivity contribution in [3.8, 4) is 0 Å². The molecule has 0 saturated carbocycles. The lowest BCUT2D eigenvalue weighted by molar-refractivity contribution is 0.334. The molecule has 1 saturated heterocycles. The molecule has 1 fully saturated rings. The van der Waals surface area contributed by atoms with Crippen LogP contribution < -0.4 is 4.72 Å². The lowest BCUT2D eigenvalue weighted by Crippen LogP contribution is -2.36. The summed E-state index contributed by atoms with van der Waals surface area (Å²) in [6, 6.07) is 4.12. The second-order valence-electron chi connectivity index (χ2n) is 4.27. The molecule has 2 heterocycles. The zero-order chi connectivity index (χ0) is 12.3. The maximum absolute atomic E-state index is 11.8. The zero-order valence-electron chi connectivity index (χ0n) is 9.93. The van der Waals surface area contributed by atoms with Crippen LogP contribution in [-0.4, -0.2) is 38.2 Å². The summed E-state index contributed by atoms with van der Waals surface area (Å²) in [5.74, 6) is 0. The second-order valence-corrected chi connectivity index (χ2v) is 7.35. The third-order valence-electron chi connectivity index (χ3n) is 2.97. The minimum atomic E-state index is -3.11. The Balaban J connectivity index is 1.91. The van der Waals surface area contributed by atoms with E-state index in [0.29, 0.717) is 13.1 Å². The number of sulfonamides is 1. The normalized spacial score (nSPS) is 22.1. The van der Waals surface area contributed by atoms with Gasteiger partial charge in [0.1, 0.15) is 0 Å². The van der Waals surface area contributed by atoms with Gasteiger partial charge in [0.2, 0.25) is 10.0 Å². The van der Waals surface area contributed by atoms with Crippen molar-refractivity contribution < 1.29 is 8.42 Å². The van der Waals surface area contributed by atoms with Crippen LogP contribution in [0.3, 0.4) is 0 Å². The Bertz CT molecular complexity index is 442. The van der Waals surface area contributed by atoms with E-state index >= 15 is 0 Å². The molecule has 0 radical (unpaired) electrons. The van der Waals surface area contributed by atoms with Gasteiger partial charge in [-0.25, -0.2) is 13.1 Å². The fourth-order valence-electron chi connectivity index (χ4n) is 2.14. The lowest BCUT2D eigenvalue weighted by atomic mass is 10.4. The van der Waals surface area contributed by atoms with E-state index in [1.807, 2.05) is 13.0 Å². The third-order valence-corrected chi connectivity index (χ3v) is 5.79. The Kier molecular flexibility index (Phi) is 4.19. The van der Waals surface area contributed by atoms with Gasteiger partial charge in [-0.2, -0.15) is 0 Å². The SMILES string of the molecule is CCNS(=O)(=O)C1CCN(Cc2cccs2)C1. The molecule has 4 nitrogen and oxygen atoms in total. The van der Waals surface area contributed by atoms with E-state index < -0.39 is 10.0 Å². The number of rotatable bonds is 5. The molecule has 1 aromatic heterocycles. The van der Waals surface area contributed by atoms with Crippen LogP contribution in [0.2, 0.25) is 0 Å². The molecule has 1 aromatic rings. The van der Waals surface area contributed by atoms with E-state index in [0.717, 1.165) is 19.5 Å². The Labute approximate surface area is 107 Å². The maximum Gasteiger partial charge on any atom is 0.215 e. The molecule has 1 N–H and O–H groups in total. The van der Waals surface area contributed by atoms with Crippen LogP contribution in [0.15, 0.2) is 17.5 Å². The first-order valence-corrected chi connectivity index (χ1v) is 8.27. The topological polar surface area (TPSA) is 49.4 Å². The third kappa shape index (κ3) is 3.28. The monoisotopic (exact) mass is 274 g/mol. The van der Waals surface area contributed by atoms with Crippen LogP contribution in [0.4, 0.5) is 0 Å². The van der Waals surface area contributed by atoms with Gasteiger partial charge < -0.3 is 0 Å². The molecule has 0 aromatic carbocycles. The minimum absolute atomic E-state index is 0.248. The van der Waals surface area contributed by atoms with E-state index in [-0.39, 0.29) is 5.25 Å². The Hall–Kier alpha value is -0.430. The standard InChI is InChI=1S/C11H18N2O2S2/c1-2-12-17(14,15)11-5-6-13(9-11)8-10-4-3-7-16-10/h3-4,7,11-12H,2,5-6,8-9H2,1H3. The van der Waals surface area contributed by atoms with E-state index in [9.17, 15) is 8.42 Å². The summed E-state index contributed by atoms with van der Waals surface area (Å²) in [5.41, 5.74) is 0. The van der Waals surface area contributed by atoms with Crippen LogP contribution in [0, 0.1) is 0 Å². The molecule has 1 unspecified atom stereocenters. The molecule has 1 aliphatic heterocycles. The second kappa shape index (κ2) is 5.48. The van der Waals surface area contributed by atoms with Crippen molar-refractivity contribution in [2.24, 2.45) is 0 Å². The van der Waals surface area contributed by atoms with Crippen molar-refractivity contribution in [3.63, 3.8) is 0 Å². The predicted octanol–water partition coefficient (Wildman–Crippen LogP) is 1.26. The summed E-state index contributed by atoms with van der Waals surface area (Å²) >= 11 is 1.72. The number of hydrogen-bond donors (Lipinski definition) is 1. The molecule has 2 rings (SSSR count). The van der Waals surface area contributed by atoms with Gasteiger partial charge in [-0.1, -0.05) is 13.0 Å². The largest absolute Gasteiger partial charge is 0.297 e. The average Bonchev–Trinajstić information content (AvgIpc) is 2.89. The van der Waals surface area contributed by atoms with E-state index in [1.54, 1.807) is 11.3 Å². The van der Waals surface area contributed by atoms with Gasteiger partial charge in [0.15, 0.2) is 0 Å². The lowest BCUT2D eigenvalue weighted by Gasteiger charge is -2.15. The van der Waals surface area contributed by atoms with Gasteiger partial charge in [-0.05, 0) is 24.4 Å². The van der Waals surface area contributed by atoms with E-state index in [2.05, 4.69) is 21.1 Å². The predicted molar refractivity (Wildman–Crippen MR) is 70.6 cm³/mol. The number of hydrogen-bond acceptors (Lipinski definition) is 4. The van der Waals surface area contributed by atoms with Crippen molar-refractivity contribution in [2.75, 3.05) is 19.6 Å². The van der Waals surface area contributed by atoms with Crippen LogP contribution in [-0.2, 0) is 16.6 Å². The first-order chi connectivity index (χ1) is 8.12. The van der Waals surface area contributed by atoms with Crippen LogP contribution in [0.5, 0.6) is 0 Å². The maximum atomic E-state index is 11.8. The molecule has 0 spiro atoms. The van der Waals surface area contributed by atoms with Crippen LogP contribution >= 0.6 is 11.3 Å². The van der Waals surface area contributed by atoms with Crippen LogP contribution in [0.25, 0.3) is 0 Å². The Morgan fingerprint density at radius 1 is 1.59 bits per heavy atom. The molecule has 0 aliphatic carbocycles. The van der Waals surface area contributed by atoms with Crippen molar-refractivity contribution >= 4 is 21.4 Å². The summed E-state index contributed by atoms with van der Waals surface area (Å²) in [4.78, 5) is 3.51. The first-order valence-electron chi connectivity index (χ1n) is 5.85. The van der Waals surface area contributed by atoms with Crippen molar-refractivity contribution in [1.29, 1.82) is 0 Å². The highest BCUT2D eigenvalue weighted by Crippen LogP contribution is 2.20. The molecule has 0 bridgehead atoms. The van der Waals surface area contributed by atoms with Crippen LogP contribution in [0.1, 0.15) is 18.2 Å². The highest BCUT2D eigenvalue weighted by Gasteiger charge is 2.32. The smallest absolute Gasteiger partial charge is 0.215 e.